The predicted octanol–water partition coefficient (Wildman–Crippen LogP) is 3.75. The van der Waals surface area contributed by atoms with Crippen LogP contribution in [0.25, 0.3) is 0 Å². The van der Waals surface area contributed by atoms with E-state index in [0.29, 0.717) is 12.1 Å². The van der Waals surface area contributed by atoms with Crippen LogP contribution in [0.15, 0.2) is 18.2 Å². The minimum Gasteiger partial charge on any atom is -0.396 e. The topological polar surface area (TPSA) is 32.3 Å². The van der Waals surface area contributed by atoms with Crippen LogP contribution in [0.2, 0.25) is 0 Å². The van der Waals surface area contributed by atoms with Gasteiger partial charge in [0, 0.05) is 18.7 Å². The van der Waals surface area contributed by atoms with Crippen molar-refractivity contribution in [2.45, 2.75) is 60.0 Å². The minimum absolute atomic E-state index is 0.149. The van der Waals surface area contributed by atoms with E-state index in [9.17, 15) is 5.11 Å². The summed E-state index contributed by atoms with van der Waals surface area (Å²) in [5, 5.41) is 12.9. The molecule has 2 N–H and O–H groups in total. The van der Waals surface area contributed by atoms with E-state index in [2.05, 4.69) is 65.1 Å². The van der Waals surface area contributed by atoms with Gasteiger partial charge in [0.05, 0.1) is 0 Å². The van der Waals surface area contributed by atoms with E-state index in [-0.39, 0.29) is 12.0 Å². The Bertz CT molecular complexity index is 386. The highest BCUT2D eigenvalue weighted by atomic mass is 16.3. The van der Waals surface area contributed by atoms with Gasteiger partial charge in [0.2, 0.25) is 0 Å². The van der Waals surface area contributed by atoms with Gasteiger partial charge in [0.1, 0.15) is 0 Å². The molecule has 0 spiro atoms. The van der Waals surface area contributed by atoms with E-state index in [4.69, 9.17) is 0 Å². The van der Waals surface area contributed by atoms with Crippen molar-refractivity contribution in [2.75, 3.05) is 6.61 Å². The fourth-order valence-electron chi connectivity index (χ4n) is 2.55. The van der Waals surface area contributed by atoms with Gasteiger partial charge in [-0.25, -0.2) is 0 Å². The summed E-state index contributed by atoms with van der Waals surface area (Å²) >= 11 is 0. The lowest BCUT2D eigenvalue weighted by atomic mass is 9.84. The summed E-state index contributed by atoms with van der Waals surface area (Å²) < 4.78 is 0. The average Bonchev–Trinajstić information content (AvgIpc) is 2.25. The van der Waals surface area contributed by atoms with Gasteiger partial charge in [-0.15, -0.1) is 0 Å². The molecule has 2 heteroatoms. The summed E-state index contributed by atoms with van der Waals surface area (Å²) in [5.41, 5.74) is 4.08. The van der Waals surface area contributed by atoms with E-state index < -0.39 is 0 Å². The largest absolute Gasteiger partial charge is 0.396 e. The number of aliphatic hydroxyl groups is 1. The molecule has 2 unspecified atom stereocenters. The van der Waals surface area contributed by atoms with Crippen LogP contribution in [0, 0.1) is 19.3 Å². The SMILES string of the molecule is Cc1cc(C)cc(C(C)NC(CCO)C(C)(C)C)c1. The molecule has 2 nitrogen and oxygen atoms in total. The molecule has 1 aromatic rings. The Morgan fingerprint density at radius 2 is 1.63 bits per heavy atom. The van der Waals surface area contributed by atoms with E-state index in [1.54, 1.807) is 0 Å². The molecule has 1 rings (SSSR count). The lowest BCUT2D eigenvalue weighted by Crippen LogP contribution is -2.42. The zero-order chi connectivity index (χ0) is 14.6. The molecule has 0 aliphatic carbocycles. The Balaban J connectivity index is 2.84. The molecule has 19 heavy (non-hydrogen) atoms. The summed E-state index contributed by atoms with van der Waals surface area (Å²) in [4.78, 5) is 0. The van der Waals surface area contributed by atoms with Crippen molar-refractivity contribution in [3.8, 4) is 0 Å². The lowest BCUT2D eigenvalue weighted by molar-refractivity contribution is 0.188. The molecule has 108 valence electrons. The van der Waals surface area contributed by atoms with Crippen LogP contribution in [0.5, 0.6) is 0 Å². The van der Waals surface area contributed by atoms with E-state index >= 15 is 0 Å². The highest BCUT2D eigenvalue weighted by Crippen LogP contribution is 2.25. The Morgan fingerprint density at radius 3 is 2.05 bits per heavy atom. The van der Waals surface area contributed by atoms with E-state index in [1.165, 1.54) is 16.7 Å². The highest BCUT2D eigenvalue weighted by molar-refractivity contribution is 5.30. The van der Waals surface area contributed by atoms with Crippen molar-refractivity contribution in [2.24, 2.45) is 5.41 Å². The first-order valence-electron chi connectivity index (χ1n) is 7.19. The molecule has 0 radical (unpaired) electrons. The number of benzene rings is 1. The molecule has 0 aromatic heterocycles. The van der Waals surface area contributed by atoms with Crippen molar-refractivity contribution in [1.82, 2.24) is 5.32 Å². The Labute approximate surface area is 118 Å². The van der Waals surface area contributed by atoms with Crippen LogP contribution in [-0.4, -0.2) is 17.8 Å². The fraction of sp³-hybridized carbons (Fsp3) is 0.647. The summed E-state index contributed by atoms with van der Waals surface area (Å²) in [5.74, 6) is 0. The summed E-state index contributed by atoms with van der Waals surface area (Å²) in [7, 11) is 0. The Hall–Kier alpha value is -0.860. The zero-order valence-electron chi connectivity index (χ0n) is 13.2. The molecular weight excluding hydrogens is 234 g/mol. The Kier molecular flexibility index (Phi) is 5.57. The van der Waals surface area contributed by atoms with Crippen LogP contribution in [0.4, 0.5) is 0 Å². The maximum atomic E-state index is 9.23. The van der Waals surface area contributed by atoms with Gasteiger partial charge in [0.15, 0.2) is 0 Å². The van der Waals surface area contributed by atoms with Crippen LogP contribution in [0.3, 0.4) is 0 Å². The number of nitrogens with one attached hydrogen (secondary N) is 1. The monoisotopic (exact) mass is 263 g/mol. The van der Waals surface area contributed by atoms with Crippen molar-refractivity contribution < 1.29 is 5.11 Å². The predicted molar refractivity (Wildman–Crippen MR) is 82.4 cm³/mol. The zero-order valence-corrected chi connectivity index (χ0v) is 13.2. The quantitative estimate of drug-likeness (QED) is 0.848. The molecule has 0 saturated heterocycles. The number of aryl methyl sites for hydroxylation is 2. The maximum absolute atomic E-state index is 9.23. The van der Waals surface area contributed by atoms with Crippen LogP contribution in [-0.2, 0) is 0 Å². The molecule has 0 bridgehead atoms. The highest BCUT2D eigenvalue weighted by Gasteiger charge is 2.25. The summed E-state index contributed by atoms with van der Waals surface area (Å²) in [6.07, 6.45) is 0.790. The number of aliphatic hydroxyl groups excluding tert-OH is 1. The third kappa shape index (κ3) is 4.96. The van der Waals surface area contributed by atoms with Gasteiger partial charge < -0.3 is 10.4 Å². The second-order valence-corrected chi connectivity index (χ2v) is 6.74. The molecule has 1 aromatic carbocycles. The van der Waals surface area contributed by atoms with E-state index in [0.717, 1.165) is 6.42 Å². The summed E-state index contributed by atoms with van der Waals surface area (Å²) in [6.45, 7) is 13.4. The molecular formula is C17H29NO. The van der Waals surface area contributed by atoms with Gasteiger partial charge in [0.25, 0.3) is 0 Å². The smallest absolute Gasteiger partial charge is 0.0446 e. The average molecular weight is 263 g/mol. The van der Waals surface area contributed by atoms with E-state index in [1.807, 2.05) is 0 Å². The Morgan fingerprint density at radius 1 is 1.11 bits per heavy atom. The normalized spacial score (nSPS) is 15.3. The standard InChI is InChI=1S/C17H29NO/c1-12-9-13(2)11-15(10-12)14(3)18-16(7-8-19)17(4,5)6/h9-11,14,16,18-19H,7-8H2,1-6H3. The fourth-order valence-corrected chi connectivity index (χ4v) is 2.55. The molecule has 0 fully saturated rings. The third-order valence-electron chi connectivity index (χ3n) is 3.66. The first-order valence-corrected chi connectivity index (χ1v) is 7.19. The second kappa shape index (κ2) is 6.53. The number of rotatable bonds is 5. The van der Waals surface area contributed by atoms with Crippen LogP contribution in [0.1, 0.15) is 56.8 Å². The van der Waals surface area contributed by atoms with Gasteiger partial charge in [-0.3, -0.25) is 0 Å². The van der Waals surface area contributed by atoms with Crippen LogP contribution < -0.4 is 5.32 Å². The molecule has 2 atom stereocenters. The molecule has 0 aliphatic rings. The van der Waals surface area contributed by atoms with Gasteiger partial charge in [-0.2, -0.15) is 0 Å². The molecule has 0 saturated carbocycles. The van der Waals surface area contributed by atoms with Gasteiger partial charge in [-0.05, 0) is 38.2 Å². The molecule has 0 amide bonds. The first kappa shape index (κ1) is 16.2. The first-order chi connectivity index (χ1) is 8.74. The van der Waals surface area contributed by atoms with Gasteiger partial charge in [-0.1, -0.05) is 50.1 Å². The maximum Gasteiger partial charge on any atom is 0.0446 e. The van der Waals surface area contributed by atoms with Crippen molar-refractivity contribution in [3.05, 3.63) is 34.9 Å². The van der Waals surface area contributed by atoms with Crippen molar-refractivity contribution in [1.29, 1.82) is 0 Å². The van der Waals surface area contributed by atoms with Crippen molar-refractivity contribution >= 4 is 0 Å². The number of hydrogen-bond donors (Lipinski definition) is 2. The minimum atomic E-state index is 0.149. The lowest BCUT2D eigenvalue weighted by Gasteiger charge is -2.34. The number of hydrogen-bond acceptors (Lipinski definition) is 2. The second-order valence-electron chi connectivity index (χ2n) is 6.74. The van der Waals surface area contributed by atoms with Crippen LogP contribution >= 0.6 is 0 Å². The molecule has 0 aliphatic heterocycles. The van der Waals surface area contributed by atoms with Gasteiger partial charge >= 0.3 is 0 Å². The molecule has 0 heterocycles. The summed E-state index contributed by atoms with van der Waals surface area (Å²) in [6, 6.07) is 7.29. The third-order valence-corrected chi connectivity index (χ3v) is 3.66. The van der Waals surface area contributed by atoms with Crippen molar-refractivity contribution in [3.63, 3.8) is 0 Å².